The lowest BCUT2D eigenvalue weighted by Crippen LogP contribution is -2.24. The molecular formula is C17H19ClO3. The van der Waals surface area contributed by atoms with Crippen LogP contribution < -0.4 is 9.47 Å². The van der Waals surface area contributed by atoms with Crippen LogP contribution in [0.15, 0.2) is 23.8 Å². The molecule has 2 atom stereocenters. The first-order valence-electron chi connectivity index (χ1n) is 7.43. The van der Waals surface area contributed by atoms with E-state index >= 15 is 0 Å². The summed E-state index contributed by atoms with van der Waals surface area (Å²) in [4.78, 5) is 11.6. The highest BCUT2D eigenvalue weighted by atomic mass is 35.5. The summed E-state index contributed by atoms with van der Waals surface area (Å²) in [5.74, 6) is 1.75. The maximum atomic E-state index is 11.6. The van der Waals surface area contributed by atoms with Crippen molar-refractivity contribution in [3.8, 4) is 11.5 Å². The van der Waals surface area contributed by atoms with Crippen LogP contribution in [-0.2, 0) is 4.79 Å². The number of halogens is 1. The highest BCUT2D eigenvalue weighted by molar-refractivity contribution is 6.64. The largest absolute Gasteiger partial charge is 0.454 e. The van der Waals surface area contributed by atoms with Crippen molar-refractivity contribution in [1.82, 2.24) is 0 Å². The Hall–Kier alpha value is -1.48. The van der Waals surface area contributed by atoms with Gasteiger partial charge in [-0.05, 0) is 60.1 Å². The molecule has 1 aromatic carbocycles. The van der Waals surface area contributed by atoms with Gasteiger partial charge in [-0.25, -0.2) is 0 Å². The van der Waals surface area contributed by atoms with Crippen LogP contribution in [0.25, 0.3) is 5.57 Å². The Kier molecular flexibility index (Phi) is 3.94. The first kappa shape index (κ1) is 14.5. The Balaban J connectivity index is 2.00. The predicted molar refractivity (Wildman–Crippen MR) is 82.5 cm³/mol. The predicted octanol–water partition coefficient (Wildman–Crippen LogP) is 4.39. The Labute approximate surface area is 129 Å². The van der Waals surface area contributed by atoms with Crippen molar-refractivity contribution in [1.29, 1.82) is 0 Å². The fourth-order valence-electron chi connectivity index (χ4n) is 3.49. The van der Waals surface area contributed by atoms with E-state index in [1.165, 1.54) is 16.7 Å². The molecule has 112 valence electrons. The second-order valence-electron chi connectivity index (χ2n) is 5.66. The third-order valence-electron chi connectivity index (χ3n) is 4.64. The van der Waals surface area contributed by atoms with Gasteiger partial charge in [-0.2, -0.15) is 0 Å². The van der Waals surface area contributed by atoms with Crippen molar-refractivity contribution in [2.24, 2.45) is 11.8 Å². The fraction of sp³-hybridized carbons (Fsp3) is 0.471. The molecule has 0 aromatic heterocycles. The zero-order valence-electron chi connectivity index (χ0n) is 12.3. The molecule has 0 saturated heterocycles. The SMILES string of the molecule is CCC1=C(c2ccc3c(c2)OCO3)CCC(C(=O)Cl)C1C. The van der Waals surface area contributed by atoms with Gasteiger partial charge in [-0.15, -0.1) is 0 Å². The Morgan fingerprint density at radius 1 is 1.33 bits per heavy atom. The monoisotopic (exact) mass is 306 g/mol. The highest BCUT2D eigenvalue weighted by Crippen LogP contribution is 2.43. The first-order valence-corrected chi connectivity index (χ1v) is 7.81. The molecule has 0 spiro atoms. The molecule has 3 nitrogen and oxygen atoms in total. The zero-order valence-corrected chi connectivity index (χ0v) is 13.1. The standard InChI is InChI=1S/C17H19ClO3/c1-3-12-10(2)13(17(18)19)5-6-14(12)11-4-7-15-16(8-11)21-9-20-15/h4,7-8,10,13H,3,5-6,9H2,1-2H3. The molecule has 0 fully saturated rings. The van der Waals surface area contributed by atoms with Crippen LogP contribution in [0, 0.1) is 11.8 Å². The number of fused-ring (bicyclic) bond motifs is 1. The van der Waals surface area contributed by atoms with Crippen molar-refractivity contribution in [3.05, 3.63) is 29.3 Å². The topological polar surface area (TPSA) is 35.5 Å². The van der Waals surface area contributed by atoms with Gasteiger partial charge < -0.3 is 9.47 Å². The van der Waals surface area contributed by atoms with E-state index < -0.39 is 0 Å². The van der Waals surface area contributed by atoms with Crippen molar-refractivity contribution in [3.63, 3.8) is 0 Å². The molecule has 0 amide bonds. The van der Waals surface area contributed by atoms with Crippen LogP contribution in [0.4, 0.5) is 0 Å². The number of allylic oxidation sites excluding steroid dienone is 2. The van der Waals surface area contributed by atoms with Crippen molar-refractivity contribution >= 4 is 22.4 Å². The van der Waals surface area contributed by atoms with Gasteiger partial charge in [0.05, 0.1) is 0 Å². The average Bonchev–Trinajstić information content (AvgIpc) is 2.93. The van der Waals surface area contributed by atoms with Gasteiger partial charge in [0.25, 0.3) is 0 Å². The summed E-state index contributed by atoms with van der Waals surface area (Å²) < 4.78 is 10.8. The number of hydrogen-bond acceptors (Lipinski definition) is 3. The molecule has 4 heteroatoms. The highest BCUT2D eigenvalue weighted by Gasteiger charge is 2.32. The minimum Gasteiger partial charge on any atom is -0.454 e. The van der Waals surface area contributed by atoms with Crippen LogP contribution in [0.1, 0.15) is 38.7 Å². The van der Waals surface area contributed by atoms with Crippen LogP contribution in [0.5, 0.6) is 11.5 Å². The van der Waals surface area contributed by atoms with Crippen molar-refractivity contribution in [2.45, 2.75) is 33.1 Å². The number of carbonyl (C=O) groups excluding carboxylic acids is 1. The molecule has 1 aliphatic carbocycles. The van der Waals surface area contributed by atoms with Gasteiger partial charge in [0.2, 0.25) is 12.0 Å². The maximum Gasteiger partial charge on any atom is 0.231 e. The second kappa shape index (κ2) is 5.72. The quantitative estimate of drug-likeness (QED) is 0.777. The third-order valence-corrected chi connectivity index (χ3v) is 4.92. The first-order chi connectivity index (χ1) is 10.1. The van der Waals surface area contributed by atoms with E-state index in [1.54, 1.807) is 0 Å². The Morgan fingerprint density at radius 3 is 2.81 bits per heavy atom. The summed E-state index contributed by atoms with van der Waals surface area (Å²) >= 11 is 5.75. The second-order valence-corrected chi connectivity index (χ2v) is 6.04. The van der Waals surface area contributed by atoms with Gasteiger partial charge in [0.1, 0.15) is 0 Å². The summed E-state index contributed by atoms with van der Waals surface area (Å²) in [5, 5.41) is -0.210. The van der Waals surface area contributed by atoms with Crippen LogP contribution >= 0.6 is 11.6 Å². The molecule has 1 aromatic rings. The smallest absolute Gasteiger partial charge is 0.231 e. The van der Waals surface area contributed by atoms with Gasteiger partial charge in [-0.3, -0.25) is 4.79 Å². The minimum atomic E-state index is -0.210. The van der Waals surface area contributed by atoms with E-state index in [0.29, 0.717) is 0 Å². The lowest BCUT2D eigenvalue weighted by molar-refractivity contribution is -0.116. The van der Waals surface area contributed by atoms with E-state index in [-0.39, 0.29) is 23.9 Å². The third kappa shape index (κ3) is 2.55. The van der Waals surface area contributed by atoms with Gasteiger partial charge >= 0.3 is 0 Å². The zero-order chi connectivity index (χ0) is 15.0. The van der Waals surface area contributed by atoms with Gasteiger partial charge in [0.15, 0.2) is 11.5 Å². The summed E-state index contributed by atoms with van der Waals surface area (Å²) in [6.07, 6.45) is 2.64. The molecular weight excluding hydrogens is 288 g/mol. The van der Waals surface area contributed by atoms with E-state index in [0.717, 1.165) is 30.8 Å². The molecule has 1 heterocycles. The lowest BCUT2D eigenvalue weighted by atomic mass is 9.74. The maximum absolute atomic E-state index is 11.6. The van der Waals surface area contributed by atoms with E-state index in [4.69, 9.17) is 21.1 Å². The number of benzene rings is 1. The lowest BCUT2D eigenvalue weighted by Gasteiger charge is -2.31. The summed E-state index contributed by atoms with van der Waals surface area (Å²) in [6.45, 7) is 4.54. The normalized spacial score (nSPS) is 24.3. The molecule has 2 unspecified atom stereocenters. The van der Waals surface area contributed by atoms with Gasteiger partial charge in [0, 0.05) is 5.92 Å². The summed E-state index contributed by atoms with van der Waals surface area (Å²) in [5.41, 5.74) is 3.83. The Bertz CT molecular complexity index is 606. The molecule has 0 bridgehead atoms. The average molecular weight is 307 g/mol. The van der Waals surface area contributed by atoms with E-state index in [2.05, 4.69) is 19.9 Å². The van der Waals surface area contributed by atoms with Gasteiger partial charge in [-0.1, -0.05) is 25.5 Å². The van der Waals surface area contributed by atoms with Crippen molar-refractivity contribution in [2.75, 3.05) is 6.79 Å². The fourth-order valence-corrected chi connectivity index (χ4v) is 3.79. The molecule has 0 saturated carbocycles. The summed E-state index contributed by atoms with van der Waals surface area (Å²) in [6, 6.07) is 6.08. The van der Waals surface area contributed by atoms with Crippen molar-refractivity contribution < 1.29 is 14.3 Å². The molecule has 3 rings (SSSR count). The number of carbonyl (C=O) groups is 1. The van der Waals surface area contributed by atoms with Crippen LogP contribution in [0.2, 0.25) is 0 Å². The molecule has 0 N–H and O–H groups in total. The number of hydrogen-bond donors (Lipinski definition) is 0. The van der Waals surface area contributed by atoms with Crippen LogP contribution in [0.3, 0.4) is 0 Å². The molecule has 0 radical (unpaired) electrons. The van der Waals surface area contributed by atoms with E-state index in [1.807, 2.05) is 12.1 Å². The molecule has 21 heavy (non-hydrogen) atoms. The number of rotatable bonds is 3. The minimum absolute atomic E-state index is 0.0561. The van der Waals surface area contributed by atoms with Crippen LogP contribution in [-0.4, -0.2) is 12.0 Å². The molecule has 2 aliphatic rings. The number of ether oxygens (including phenoxy) is 2. The molecule has 1 aliphatic heterocycles. The van der Waals surface area contributed by atoms with E-state index in [9.17, 15) is 4.79 Å². The Morgan fingerprint density at radius 2 is 2.10 bits per heavy atom. The summed E-state index contributed by atoms with van der Waals surface area (Å²) in [7, 11) is 0.